The van der Waals surface area contributed by atoms with Gasteiger partial charge in [0.1, 0.15) is 11.4 Å². The maximum absolute atomic E-state index is 12.2. The molecule has 1 aliphatic heterocycles. The van der Waals surface area contributed by atoms with Crippen molar-refractivity contribution in [1.29, 1.82) is 0 Å². The number of hydrogen-bond donors (Lipinski definition) is 0. The van der Waals surface area contributed by atoms with Gasteiger partial charge in [-0.15, -0.1) is 0 Å². The predicted octanol–water partition coefficient (Wildman–Crippen LogP) is 4.14. The Kier molecular flexibility index (Phi) is 4.42. The number of rotatable bonds is 2. The predicted molar refractivity (Wildman–Crippen MR) is 92.2 cm³/mol. The average molecular weight is 326 g/mol. The molecule has 2 aromatic rings. The molecule has 0 bridgehead atoms. The van der Waals surface area contributed by atoms with Gasteiger partial charge in [0.05, 0.1) is 12.2 Å². The fourth-order valence-corrected chi connectivity index (χ4v) is 2.50. The SMILES string of the molecule is CC(C)(C)OC(=O)N1CCc2nc(C=Cc3ccccc3)oc2C1. The number of hydrogen-bond acceptors (Lipinski definition) is 4. The molecule has 1 aliphatic rings. The number of carbonyl (C=O) groups is 1. The summed E-state index contributed by atoms with van der Waals surface area (Å²) in [5.41, 5.74) is 1.51. The Labute approximate surface area is 141 Å². The van der Waals surface area contributed by atoms with Gasteiger partial charge in [-0.05, 0) is 32.4 Å². The van der Waals surface area contributed by atoms with Crippen LogP contribution in [0, 0.1) is 0 Å². The molecule has 0 fully saturated rings. The smallest absolute Gasteiger partial charge is 0.410 e. The summed E-state index contributed by atoms with van der Waals surface area (Å²) in [5.74, 6) is 1.30. The third-order valence-electron chi connectivity index (χ3n) is 3.62. The molecule has 5 nitrogen and oxygen atoms in total. The van der Waals surface area contributed by atoms with Crippen LogP contribution in [0.4, 0.5) is 4.79 Å². The van der Waals surface area contributed by atoms with Crippen LogP contribution in [0.1, 0.15) is 43.7 Å². The first-order chi connectivity index (χ1) is 11.4. The zero-order valence-corrected chi connectivity index (χ0v) is 14.3. The van der Waals surface area contributed by atoms with Crippen LogP contribution in [0.5, 0.6) is 0 Å². The van der Waals surface area contributed by atoms with Crippen molar-refractivity contribution in [2.75, 3.05) is 6.54 Å². The molecule has 0 spiro atoms. The molecular formula is C19H22N2O3. The van der Waals surface area contributed by atoms with Crippen LogP contribution in [-0.2, 0) is 17.7 Å². The first-order valence-corrected chi connectivity index (χ1v) is 8.10. The van der Waals surface area contributed by atoms with Crippen molar-refractivity contribution >= 4 is 18.2 Å². The van der Waals surface area contributed by atoms with E-state index in [1.165, 1.54) is 0 Å². The summed E-state index contributed by atoms with van der Waals surface area (Å²) in [5, 5.41) is 0. The number of benzene rings is 1. The zero-order valence-electron chi connectivity index (χ0n) is 14.3. The van der Waals surface area contributed by atoms with Crippen LogP contribution in [-0.4, -0.2) is 28.1 Å². The topological polar surface area (TPSA) is 55.6 Å². The van der Waals surface area contributed by atoms with E-state index in [0.29, 0.717) is 25.4 Å². The lowest BCUT2D eigenvalue weighted by atomic mass is 10.1. The Bertz CT molecular complexity index is 742. The van der Waals surface area contributed by atoms with E-state index >= 15 is 0 Å². The molecule has 0 radical (unpaired) electrons. The molecular weight excluding hydrogens is 304 g/mol. The number of fused-ring (bicyclic) bond motifs is 1. The molecule has 0 saturated heterocycles. The molecule has 0 aliphatic carbocycles. The summed E-state index contributed by atoms with van der Waals surface area (Å²) in [6, 6.07) is 9.98. The first-order valence-electron chi connectivity index (χ1n) is 8.10. The van der Waals surface area contributed by atoms with Gasteiger partial charge in [-0.1, -0.05) is 30.3 Å². The molecule has 0 unspecified atom stereocenters. The summed E-state index contributed by atoms with van der Waals surface area (Å²) in [7, 11) is 0. The van der Waals surface area contributed by atoms with Crippen molar-refractivity contribution in [3.63, 3.8) is 0 Å². The van der Waals surface area contributed by atoms with Gasteiger partial charge in [0.2, 0.25) is 5.89 Å². The van der Waals surface area contributed by atoms with Crippen LogP contribution in [0.3, 0.4) is 0 Å². The van der Waals surface area contributed by atoms with E-state index in [1.54, 1.807) is 4.90 Å². The summed E-state index contributed by atoms with van der Waals surface area (Å²) in [6.45, 7) is 6.58. The van der Waals surface area contributed by atoms with Gasteiger partial charge in [-0.3, -0.25) is 0 Å². The van der Waals surface area contributed by atoms with Crippen LogP contribution in [0.15, 0.2) is 34.7 Å². The number of oxazole rings is 1. The van der Waals surface area contributed by atoms with Gasteiger partial charge < -0.3 is 14.1 Å². The number of aromatic nitrogens is 1. The van der Waals surface area contributed by atoms with Gasteiger partial charge in [0, 0.05) is 19.0 Å². The molecule has 0 N–H and O–H groups in total. The molecule has 24 heavy (non-hydrogen) atoms. The number of nitrogens with zero attached hydrogens (tertiary/aromatic N) is 2. The van der Waals surface area contributed by atoms with E-state index in [0.717, 1.165) is 17.0 Å². The second kappa shape index (κ2) is 6.51. The minimum atomic E-state index is -0.498. The van der Waals surface area contributed by atoms with Gasteiger partial charge in [-0.25, -0.2) is 9.78 Å². The summed E-state index contributed by atoms with van der Waals surface area (Å²) >= 11 is 0. The fourth-order valence-electron chi connectivity index (χ4n) is 2.50. The normalized spacial score (nSPS) is 14.7. The van der Waals surface area contributed by atoms with E-state index in [-0.39, 0.29) is 6.09 Å². The third-order valence-corrected chi connectivity index (χ3v) is 3.62. The number of carbonyl (C=O) groups excluding carboxylic acids is 1. The maximum atomic E-state index is 12.2. The van der Waals surface area contributed by atoms with E-state index in [2.05, 4.69) is 4.98 Å². The largest absolute Gasteiger partial charge is 0.444 e. The second-order valence-electron chi connectivity index (χ2n) is 6.82. The summed E-state index contributed by atoms with van der Waals surface area (Å²) < 4.78 is 11.2. The summed E-state index contributed by atoms with van der Waals surface area (Å²) in [4.78, 5) is 18.3. The number of ether oxygens (including phenoxy) is 1. The zero-order chi connectivity index (χ0) is 17.2. The van der Waals surface area contributed by atoms with Crippen LogP contribution < -0.4 is 0 Å². The van der Waals surface area contributed by atoms with Crippen molar-refractivity contribution in [1.82, 2.24) is 9.88 Å². The quantitative estimate of drug-likeness (QED) is 0.832. The second-order valence-corrected chi connectivity index (χ2v) is 6.82. The third kappa shape index (κ3) is 4.04. The van der Waals surface area contributed by atoms with E-state index in [4.69, 9.17) is 9.15 Å². The molecule has 1 aromatic carbocycles. The highest BCUT2D eigenvalue weighted by atomic mass is 16.6. The first kappa shape index (κ1) is 16.3. The molecule has 3 rings (SSSR count). The maximum Gasteiger partial charge on any atom is 0.410 e. The van der Waals surface area contributed by atoms with Crippen molar-refractivity contribution in [2.24, 2.45) is 0 Å². The molecule has 2 heterocycles. The Morgan fingerprint density at radius 3 is 2.71 bits per heavy atom. The summed E-state index contributed by atoms with van der Waals surface area (Å²) in [6.07, 6.45) is 4.18. The average Bonchev–Trinajstić information content (AvgIpc) is 2.94. The number of amides is 1. The Morgan fingerprint density at radius 1 is 1.25 bits per heavy atom. The lowest BCUT2D eigenvalue weighted by molar-refractivity contribution is 0.0208. The van der Waals surface area contributed by atoms with Crippen LogP contribution in [0.2, 0.25) is 0 Å². The molecule has 1 aromatic heterocycles. The lowest BCUT2D eigenvalue weighted by Gasteiger charge is -2.28. The van der Waals surface area contributed by atoms with Crippen molar-refractivity contribution < 1.29 is 13.9 Å². The Balaban J connectivity index is 1.69. The van der Waals surface area contributed by atoms with Gasteiger partial charge in [-0.2, -0.15) is 0 Å². The minimum Gasteiger partial charge on any atom is -0.444 e. The van der Waals surface area contributed by atoms with Crippen molar-refractivity contribution in [3.8, 4) is 0 Å². The van der Waals surface area contributed by atoms with Crippen molar-refractivity contribution in [3.05, 3.63) is 53.2 Å². The Hall–Kier alpha value is -2.56. The molecule has 126 valence electrons. The van der Waals surface area contributed by atoms with E-state index in [1.807, 2.05) is 63.3 Å². The molecule has 0 atom stereocenters. The van der Waals surface area contributed by atoms with Gasteiger partial charge >= 0.3 is 6.09 Å². The van der Waals surface area contributed by atoms with Crippen LogP contribution in [0.25, 0.3) is 12.2 Å². The van der Waals surface area contributed by atoms with E-state index < -0.39 is 5.60 Å². The van der Waals surface area contributed by atoms with E-state index in [9.17, 15) is 4.79 Å². The molecule has 5 heteroatoms. The fraction of sp³-hybridized carbons (Fsp3) is 0.368. The minimum absolute atomic E-state index is 0.314. The molecule has 0 saturated carbocycles. The van der Waals surface area contributed by atoms with Gasteiger partial charge in [0.25, 0.3) is 0 Å². The molecule has 1 amide bonds. The monoisotopic (exact) mass is 326 g/mol. The highest BCUT2D eigenvalue weighted by Gasteiger charge is 2.28. The lowest BCUT2D eigenvalue weighted by Crippen LogP contribution is -2.39. The highest BCUT2D eigenvalue weighted by Crippen LogP contribution is 2.22. The highest BCUT2D eigenvalue weighted by molar-refractivity contribution is 5.69. The van der Waals surface area contributed by atoms with Crippen molar-refractivity contribution in [2.45, 2.75) is 39.3 Å². The van der Waals surface area contributed by atoms with Gasteiger partial charge in [0.15, 0.2) is 0 Å². The Morgan fingerprint density at radius 2 is 2.00 bits per heavy atom. The van der Waals surface area contributed by atoms with Crippen LogP contribution >= 0.6 is 0 Å². The standard InChI is InChI=1S/C19H22N2O3/c1-19(2,3)24-18(22)21-12-11-15-16(13-21)23-17(20-15)10-9-14-7-5-4-6-8-14/h4-10H,11-13H2,1-3H3.